The van der Waals surface area contributed by atoms with E-state index >= 15 is 0 Å². The van der Waals surface area contributed by atoms with Crippen LogP contribution in [0.2, 0.25) is 0 Å². The van der Waals surface area contributed by atoms with Crippen molar-refractivity contribution in [3.05, 3.63) is 12.2 Å². The molecule has 0 aromatic carbocycles. The molecule has 0 nitrogen and oxygen atoms in total. The summed E-state index contributed by atoms with van der Waals surface area (Å²) in [7, 11) is 0. The summed E-state index contributed by atoms with van der Waals surface area (Å²) >= 11 is 2.38. The topological polar surface area (TPSA) is 0 Å². The van der Waals surface area contributed by atoms with Crippen LogP contribution in [0.3, 0.4) is 0 Å². The molecule has 0 aromatic rings. The predicted molar refractivity (Wildman–Crippen MR) is 66.0 cm³/mol. The van der Waals surface area contributed by atoms with E-state index in [1.807, 2.05) is 0 Å². The zero-order valence-corrected chi connectivity index (χ0v) is 10.3. The summed E-state index contributed by atoms with van der Waals surface area (Å²) in [4.78, 5) is 0. The van der Waals surface area contributed by atoms with Crippen LogP contribution in [0.5, 0.6) is 0 Å². The second-order valence-electron chi connectivity index (χ2n) is 3.18. The molecule has 0 aliphatic rings. The van der Waals surface area contributed by atoms with Crippen molar-refractivity contribution in [2.24, 2.45) is 0 Å². The molecule has 0 amide bonds. The van der Waals surface area contributed by atoms with Crippen molar-refractivity contribution in [1.82, 2.24) is 0 Å². The largest absolute Gasteiger partial charge is 0.0878 e. The lowest BCUT2D eigenvalue weighted by Gasteiger charge is -1.97. The van der Waals surface area contributed by atoms with E-state index in [9.17, 15) is 0 Å². The van der Waals surface area contributed by atoms with Gasteiger partial charge in [0.15, 0.2) is 0 Å². The molecular weight excluding hydrogens is 259 g/mol. The van der Waals surface area contributed by atoms with Gasteiger partial charge in [0, 0.05) is 4.43 Å². The van der Waals surface area contributed by atoms with Gasteiger partial charge in [-0.25, -0.2) is 0 Å². The maximum atomic E-state index is 2.38. The smallest absolute Gasteiger partial charge is 0.0175 e. The van der Waals surface area contributed by atoms with E-state index in [4.69, 9.17) is 0 Å². The first-order valence-electron chi connectivity index (χ1n) is 5.12. The molecule has 1 heteroatoms. The Bertz CT molecular complexity index is 97.2. The van der Waals surface area contributed by atoms with E-state index in [0.717, 1.165) is 4.43 Å². The maximum absolute atomic E-state index is 2.38. The molecule has 12 heavy (non-hydrogen) atoms. The molecule has 0 heterocycles. The van der Waals surface area contributed by atoms with Crippen LogP contribution in [0, 0.1) is 0 Å². The standard InChI is InChI=1S/C11H21I/c1-2-3-4-5-6-7-8-9-10-11-12/h9-10H,2-8,11H2,1H3/b10-9+. The first-order chi connectivity index (χ1) is 5.91. The highest BCUT2D eigenvalue weighted by Gasteiger charge is 1.87. The predicted octanol–water partition coefficient (Wildman–Crippen LogP) is 4.73. The lowest BCUT2D eigenvalue weighted by molar-refractivity contribution is 0.611. The maximum Gasteiger partial charge on any atom is 0.0175 e. The van der Waals surface area contributed by atoms with Crippen LogP contribution in [-0.4, -0.2) is 4.43 Å². The second-order valence-corrected chi connectivity index (χ2v) is 4.06. The summed E-state index contributed by atoms with van der Waals surface area (Å²) in [6.07, 6.45) is 14.3. The Morgan fingerprint density at radius 1 is 0.917 bits per heavy atom. The lowest BCUT2D eigenvalue weighted by atomic mass is 10.1. The van der Waals surface area contributed by atoms with Gasteiger partial charge in [0.25, 0.3) is 0 Å². The highest BCUT2D eigenvalue weighted by atomic mass is 127. The van der Waals surface area contributed by atoms with Crippen LogP contribution in [0.25, 0.3) is 0 Å². The van der Waals surface area contributed by atoms with Gasteiger partial charge in [-0.3, -0.25) is 0 Å². The van der Waals surface area contributed by atoms with E-state index < -0.39 is 0 Å². The monoisotopic (exact) mass is 280 g/mol. The van der Waals surface area contributed by atoms with Crippen molar-refractivity contribution in [1.29, 1.82) is 0 Å². The molecule has 0 aliphatic heterocycles. The summed E-state index contributed by atoms with van der Waals surface area (Å²) in [5.41, 5.74) is 0. The molecule has 0 spiro atoms. The number of unbranched alkanes of at least 4 members (excludes halogenated alkanes) is 6. The summed E-state index contributed by atoms with van der Waals surface area (Å²) < 4.78 is 1.16. The van der Waals surface area contributed by atoms with Gasteiger partial charge in [0.05, 0.1) is 0 Å². The van der Waals surface area contributed by atoms with E-state index in [1.165, 1.54) is 44.9 Å². The molecule has 0 N–H and O–H groups in total. The minimum Gasteiger partial charge on any atom is -0.0878 e. The van der Waals surface area contributed by atoms with Gasteiger partial charge in [-0.15, -0.1) is 0 Å². The number of halogens is 1. The molecule has 0 atom stereocenters. The summed E-state index contributed by atoms with van der Waals surface area (Å²) in [6.45, 7) is 2.27. The first kappa shape index (κ1) is 12.5. The molecule has 0 bridgehead atoms. The Labute approximate surface area is 91.0 Å². The zero-order chi connectivity index (χ0) is 9.07. The highest BCUT2D eigenvalue weighted by Crippen LogP contribution is 2.07. The van der Waals surface area contributed by atoms with Crippen molar-refractivity contribution in [2.75, 3.05) is 4.43 Å². The van der Waals surface area contributed by atoms with Crippen molar-refractivity contribution >= 4 is 22.6 Å². The van der Waals surface area contributed by atoms with Crippen LogP contribution in [0.4, 0.5) is 0 Å². The molecule has 0 radical (unpaired) electrons. The lowest BCUT2D eigenvalue weighted by Crippen LogP contribution is -1.77. The molecule has 0 saturated carbocycles. The SMILES string of the molecule is CCCCCCCC/C=C/CI. The normalized spacial score (nSPS) is 11.2. The number of allylic oxidation sites excluding steroid dienone is 2. The van der Waals surface area contributed by atoms with Gasteiger partial charge in [-0.1, -0.05) is 73.8 Å². The van der Waals surface area contributed by atoms with Crippen molar-refractivity contribution in [2.45, 2.75) is 51.9 Å². The van der Waals surface area contributed by atoms with Gasteiger partial charge in [0.1, 0.15) is 0 Å². The number of hydrogen-bond donors (Lipinski definition) is 0. The van der Waals surface area contributed by atoms with Crippen molar-refractivity contribution in [3.8, 4) is 0 Å². The number of alkyl halides is 1. The number of hydrogen-bond acceptors (Lipinski definition) is 0. The minimum atomic E-state index is 1.16. The van der Waals surface area contributed by atoms with Gasteiger partial charge >= 0.3 is 0 Å². The molecule has 0 saturated heterocycles. The van der Waals surface area contributed by atoms with Crippen LogP contribution in [-0.2, 0) is 0 Å². The van der Waals surface area contributed by atoms with E-state index in [1.54, 1.807) is 0 Å². The van der Waals surface area contributed by atoms with Crippen LogP contribution in [0.1, 0.15) is 51.9 Å². The molecular formula is C11H21I. The summed E-state index contributed by atoms with van der Waals surface area (Å²) in [5, 5.41) is 0. The van der Waals surface area contributed by atoms with Gasteiger partial charge in [0.2, 0.25) is 0 Å². The highest BCUT2D eigenvalue weighted by molar-refractivity contribution is 14.1. The third-order valence-corrected chi connectivity index (χ3v) is 2.49. The Balaban J connectivity index is 2.86. The Hall–Kier alpha value is 0.470. The van der Waals surface area contributed by atoms with Gasteiger partial charge in [-0.05, 0) is 12.8 Å². The third-order valence-electron chi connectivity index (χ3n) is 1.98. The molecule has 0 fully saturated rings. The fourth-order valence-electron chi connectivity index (χ4n) is 1.22. The average Bonchev–Trinajstić information content (AvgIpc) is 2.10. The third kappa shape index (κ3) is 10.5. The second kappa shape index (κ2) is 11.5. The van der Waals surface area contributed by atoms with Gasteiger partial charge in [-0.2, -0.15) is 0 Å². The Morgan fingerprint density at radius 3 is 2.25 bits per heavy atom. The fourth-order valence-corrected chi connectivity index (χ4v) is 1.58. The van der Waals surface area contributed by atoms with Crippen LogP contribution < -0.4 is 0 Å². The molecule has 0 unspecified atom stereocenters. The zero-order valence-electron chi connectivity index (χ0n) is 8.19. The average molecular weight is 280 g/mol. The Kier molecular flexibility index (Phi) is 11.9. The first-order valence-corrected chi connectivity index (χ1v) is 6.65. The van der Waals surface area contributed by atoms with E-state index in [-0.39, 0.29) is 0 Å². The molecule has 0 rings (SSSR count). The quantitative estimate of drug-likeness (QED) is 0.261. The molecule has 72 valence electrons. The van der Waals surface area contributed by atoms with Crippen LogP contribution >= 0.6 is 22.6 Å². The molecule has 0 aliphatic carbocycles. The molecule has 0 aromatic heterocycles. The minimum absolute atomic E-state index is 1.16. The van der Waals surface area contributed by atoms with Crippen LogP contribution in [0.15, 0.2) is 12.2 Å². The number of rotatable bonds is 8. The fraction of sp³-hybridized carbons (Fsp3) is 0.818. The summed E-state index contributed by atoms with van der Waals surface area (Å²) in [5.74, 6) is 0. The van der Waals surface area contributed by atoms with Gasteiger partial charge < -0.3 is 0 Å². The van der Waals surface area contributed by atoms with E-state index in [2.05, 4.69) is 41.7 Å². The Morgan fingerprint density at radius 2 is 1.58 bits per heavy atom. The van der Waals surface area contributed by atoms with E-state index in [0.29, 0.717) is 0 Å². The van der Waals surface area contributed by atoms with Crippen molar-refractivity contribution < 1.29 is 0 Å². The van der Waals surface area contributed by atoms with Crippen molar-refractivity contribution in [3.63, 3.8) is 0 Å². The summed E-state index contributed by atoms with van der Waals surface area (Å²) in [6, 6.07) is 0.